The first-order chi connectivity index (χ1) is 11.1. The van der Waals surface area contributed by atoms with E-state index in [2.05, 4.69) is 13.2 Å². The molecule has 8 heteroatoms. The minimum absolute atomic E-state index is 0.104. The maximum Gasteiger partial charge on any atom is 0.294 e. The Kier molecular flexibility index (Phi) is 6.61. The summed E-state index contributed by atoms with van der Waals surface area (Å²) < 4.78 is 51.3. The van der Waals surface area contributed by atoms with Crippen LogP contribution in [0.25, 0.3) is 12.2 Å². The van der Waals surface area contributed by atoms with Crippen LogP contribution in [0.2, 0.25) is 0 Å². The number of sulfonamides is 1. The maximum atomic E-state index is 10.8. The summed E-state index contributed by atoms with van der Waals surface area (Å²) in [5.74, 6) is 0. The molecule has 0 saturated carbocycles. The fraction of sp³-hybridized carbons (Fsp3) is 0. The third-order valence-corrected chi connectivity index (χ3v) is 4.66. The Morgan fingerprint density at radius 2 is 1.08 bits per heavy atom. The Bertz CT molecular complexity index is 834. The fourth-order valence-corrected chi connectivity index (χ4v) is 2.56. The van der Waals surface area contributed by atoms with Gasteiger partial charge in [0, 0.05) is 0 Å². The van der Waals surface area contributed by atoms with Crippen LogP contribution < -0.4 is 5.14 Å². The summed E-state index contributed by atoms with van der Waals surface area (Å²) in [6.07, 6.45) is 3.22. The van der Waals surface area contributed by atoms with Gasteiger partial charge in [0.1, 0.15) is 0 Å². The molecule has 0 bridgehead atoms. The summed E-state index contributed by atoms with van der Waals surface area (Å²) >= 11 is 0. The Morgan fingerprint density at radius 3 is 1.33 bits per heavy atom. The molecular formula is C16H17NO5S2. The molecular weight excluding hydrogens is 350 g/mol. The van der Waals surface area contributed by atoms with Crippen LogP contribution in [0, 0.1) is 0 Å². The van der Waals surface area contributed by atoms with Crippen molar-refractivity contribution in [3.8, 4) is 0 Å². The van der Waals surface area contributed by atoms with Crippen molar-refractivity contribution in [3.05, 3.63) is 72.8 Å². The highest BCUT2D eigenvalue weighted by molar-refractivity contribution is 7.89. The molecule has 0 unspecified atom stereocenters. The quantitative estimate of drug-likeness (QED) is 0.806. The van der Waals surface area contributed by atoms with Crippen molar-refractivity contribution in [1.82, 2.24) is 0 Å². The van der Waals surface area contributed by atoms with Crippen molar-refractivity contribution in [1.29, 1.82) is 0 Å². The van der Waals surface area contributed by atoms with Crippen LogP contribution >= 0.6 is 0 Å². The molecule has 0 aliphatic carbocycles. The molecule has 128 valence electrons. The molecule has 0 heterocycles. The molecule has 2 aromatic rings. The predicted molar refractivity (Wildman–Crippen MR) is 94.3 cm³/mol. The number of hydrogen-bond acceptors (Lipinski definition) is 4. The van der Waals surface area contributed by atoms with E-state index in [0.29, 0.717) is 0 Å². The number of rotatable bonds is 4. The highest BCUT2D eigenvalue weighted by Crippen LogP contribution is 2.10. The lowest BCUT2D eigenvalue weighted by Crippen LogP contribution is -2.11. The van der Waals surface area contributed by atoms with Crippen molar-refractivity contribution in [2.75, 3.05) is 0 Å². The number of benzene rings is 2. The third-order valence-electron chi connectivity index (χ3n) is 2.86. The highest BCUT2D eigenvalue weighted by Gasteiger charge is 2.07. The molecule has 0 spiro atoms. The molecule has 2 aromatic carbocycles. The van der Waals surface area contributed by atoms with Gasteiger partial charge in [-0.25, -0.2) is 13.6 Å². The van der Waals surface area contributed by atoms with E-state index in [9.17, 15) is 16.8 Å². The van der Waals surface area contributed by atoms with Gasteiger partial charge >= 0.3 is 0 Å². The summed E-state index contributed by atoms with van der Waals surface area (Å²) in [7, 11) is -7.62. The van der Waals surface area contributed by atoms with Crippen LogP contribution in [-0.4, -0.2) is 21.4 Å². The lowest BCUT2D eigenvalue weighted by atomic mass is 10.2. The second-order valence-electron chi connectivity index (χ2n) is 4.57. The Hall–Kier alpha value is -2.26. The van der Waals surface area contributed by atoms with Gasteiger partial charge in [0.15, 0.2) is 0 Å². The highest BCUT2D eigenvalue weighted by atomic mass is 32.2. The van der Waals surface area contributed by atoms with E-state index in [1.165, 1.54) is 24.3 Å². The first-order valence-corrected chi connectivity index (χ1v) is 9.52. The van der Waals surface area contributed by atoms with Crippen LogP contribution in [0.5, 0.6) is 0 Å². The van der Waals surface area contributed by atoms with Gasteiger partial charge in [0.2, 0.25) is 10.0 Å². The zero-order valence-corrected chi connectivity index (χ0v) is 14.3. The van der Waals surface area contributed by atoms with E-state index in [-0.39, 0.29) is 9.79 Å². The fourth-order valence-electron chi connectivity index (χ4n) is 1.57. The van der Waals surface area contributed by atoms with Crippen LogP contribution in [0.1, 0.15) is 11.1 Å². The molecule has 0 radical (unpaired) electrons. The van der Waals surface area contributed by atoms with Gasteiger partial charge in [0.25, 0.3) is 10.1 Å². The van der Waals surface area contributed by atoms with Gasteiger partial charge in [-0.05, 0) is 35.4 Å². The van der Waals surface area contributed by atoms with Crippen molar-refractivity contribution in [2.45, 2.75) is 9.79 Å². The average molecular weight is 367 g/mol. The van der Waals surface area contributed by atoms with E-state index < -0.39 is 20.1 Å². The smallest absolute Gasteiger partial charge is 0.282 e. The normalized spacial score (nSPS) is 11.1. The first kappa shape index (κ1) is 19.8. The van der Waals surface area contributed by atoms with Crippen molar-refractivity contribution >= 4 is 32.3 Å². The Labute approximate surface area is 141 Å². The molecule has 0 aliphatic rings. The summed E-state index contributed by atoms with van der Waals surface area (Å²) in [6.45, 7) is 7.05. The SMILES string of the molecule is C=Cc1ccc(S(=O)(=O)O)cc1.C=Cc1ccc(S(N)(=O)=O)cc1. The Morgan fingerprint density at radius 1 is 0.750 bits per heavy atom. The molecule has 0 fully saturated rings. The standard InChI is InChI=1S/C8H9NO2S.C8H8O3S/c2*1-2-7-3-5-8(6-4-7)12(9,10)11/h2-6H,1H2,(H2,9,10,11);2-6H,1H2,(H,9,10,11). The van der Waals surface area contributed by atoms with E-state index in [1.54, 1.807) is 36.4 Å². The van der Waals surface area contributed by atoms with E-state index >= 15 is 0 Å². The summed E-state index contributed by atoms with van der Waals surface area (Å²) in [4.78, 5) is 0.0150. The lowest BCUT2D eigenvalue weighted by molar-refractivity contribution is 0.483. The van der Waals surface area contributed by atoms with Crippen LogP contribution in [0.4, 0.5) is 0 Å². The molecule has 24 heavy (non-hydrogen) atoms. The van der Waals surface area contributed by atoms with Gasteiger partial charge in [-0.2, -0.15) is 8.42 Å². The second kappa shape index (κ2) is 8.02. The number of nitrogens with two attached hydrogens (primary N) is 1. The molecule has 2 rings (SSSR count). The molecule has 3 N–H and O–H groups in total. The van der Waals surface area contributed by atoms with Crippen molar-refractivity contribution in [2.24, 2.45) is 5.14 Å². The molecule has 0 saturated heterocycles. The van der Waals surface area contributed by atoms with Gasteiger partial charge in [0.05, 0.1) is 9.79 Å². The molecule has 0 atom stereocenters. The average Bonchev–Trinajstić information content (AvgIpc) is 2.54. The molecule has 0 aliphatic heterocycles. The number of primary sulfonamides is 1. The summed E-state index contributed by atoms with van der Waals surface area (Å²) in [5, 5.41) is 4.89. The summed E-state index contributed by atoms with van der Waals surface area (Å²) in [6, 6.07) is 12.0. The molecule has 0 aromatic heterocycles. The number of hydrogen-bond donors (Lipinski definition) is 2. The van der Waals surface area contributed by atoms with E-state index in [0.717, 1.165) is 11.1 Å². The van der Waals surface area contributed by atoms with E-state index in [4.69, 9.17) is 9.69 Å². The van der Waals surface area contributed by atoms with Gasteiger partial charge in [-0.15, -0.1) is 0 Å². The van der Waals surface area contributed by atoms with E-state index in [1.807, 2.05) is 0 Å². The largest absolute Gasteiger partial charge is 0.294 e. The van der Waals surface area contributed by atoms with Gasteiger partial charge < -0.3 is 0 Å². The topological polar surface area (TPSA) is 115 Å². The second-order valence-corrected chi connectivity index (χ2v) is 7.55. The van der Waals surface area contributed by atoms with Gasteiger partial charge in [-0.3, -0.25) is 4.55 Å². The zero-order valence-electron chi connectivity index (χ0n) is 12.7. The van der Waals surface area contributed by atoms with Crippen LogP contribution in [0.3, 0.4) is 0 Å². The molecule has 0 amide bonds. The summed E-state index contributed by atoms with van der Waals surface area (Å²) in [5.41, 5.74) is 1.67. The minimum atomic E-state index is -4.06. The maximum absolute atomic E-state index is 10.8. The van der Waals surface area contributed by atoms with Crippen molar-refractivity contribution < 1.29 is 21.4 Å². The lowest BCUT2D eigenvalue weighted by Gasteiger charge is -1.97. The van der Waals surface area contributed by atoms with Crippen LogP contribution in [0.15, 0.2) is 71.5 Å². The molecule has 6 nitrogen and oxygen atoms in total. The van der Waals surface area contributed by atoms with Crippen LogP contribution in [-0.2, 0) is 20.1 Å². The predicted octanol–water partition coefficient (Wildman–Crippen LogP) is 2.55. The zero-order chi connectivity index (χ0) is 18.4. The van der Waals surface area contributed by atoms with Gasteiger partial charge in [-0.1, -0.05) is 49.6 Å². The Balaban J connectivity index is 0.000000240. The minimum Gasteiger partial charge on any atom is -0.282 e. The monoisotopic (exact) mass is 367 g/mol. The first-order valence-electron chi connectivity index (χ1n) is 6.53. The van der Waals surface area contributed by atoms with Crippen molar-refractivity contribution in [3.63, 3.8) is 0 Å². The third kappa shape index (κ3) is 6.09.